The maximum Gasteiger partial charge on any atom is 0.337 e. The van der Waals surface area contributed by atoms with Gasteiger partial charge in [0.1, 0.15) is 5.84 Å². The van der Waals surface area contributed by atoms with E-state index in [0.29, 0.717) is 16.6 Å². The van der Waals surface area contributed by atoms with Crippen molar-refractivity contribution in [2.45, 2.75) is 56.6 Å². The average molecular weight is 803 g/mol. The van der Waals surface area contributed by atoms with Crippen molar-refractivity contribution in [1.29, 1.82) is 0 Å². The number of halogens is 1. The lowest BCUT2D eigenvalue weighted by molar-refractivity contribution is -0.0242. The van der Waals surface area contributed by atoms with Crippen molar-refractivity contribution in [2.24, 2.45) is 4.99 Å². The van der Waals surface area contributed by atoms with Gasteiger partial charge in [-0.3, -0.25) is 4.99 Å². The van der Waals surface area contributed by atoms with E-state index >= 15 is 0 Å². The fraction of sp³-hybridized carbons (Fsp3) is 0.255. The molecule has 6 aromatic carbocycles. The zero-order valence-corrected chi connectivity index (χ0v) is 34.6. The van der Waals surface area contributed by atoms with Crippen LogP contribution in [0.1, 0.15) is 92.0 Å². The molecule has 2 heterocycles. The topological polar surface area (TPSA) is 97.2 Å². The second-order valence-corrected chi connectivity index (χ2v) is 16.3. The van der Waals surface area contributed by atoms with Gasteiger partial charge in [-0.1, -0.05) is 121 Å². The fourth-order valence-electron chi connectivity index (χ4n) is 9.64. The molecule has 5 aliphatic rings. The Hall–Kier alpha value is -5.73. The lowest BCUT2D eigenvalue weighted by Crippen LogP contribution is -2.43. The van der Waals surface area contributed by atoms with Crippen molar-refractivity contribution in [3.63, 3.8) is 0 Å². The lowest BCUT2D eigenvalue weighted by atomic mass is 9.54. The fourth-order valence-corrected chi connectivity index (χ4v) is 9.77. The van der Waals surface area contributed by atoms with Gasteiger partial charge in [-0.15, -0.1) is 0 Å². The van der Waals surface area contributed by atoms with Gasteiger partial charge in [0.2, 0.25) is 0 Å². The van der Waals surface area contributed by atoms with Crippen molar-refractivity contribution >= 4 is 34.8 Å². The van der Waals surface area contributed by atoms with Crippen LogP contribution >= 0.6 is 11.6 Å². The van der Waals surface area contributed by atoms with Crippen molar-refractivity contribution in [2.75, 3.05) is 32.0 Å². The number of hydrogen-bond donors (Lipinski definition) is 4. The first-order valence-corrected chi connectivity index (χ1v) is 20.9. The van der Waals surface area contributed by atoms with Crippen LogP contribution in [-0.4, -0.2) is 53.6 Å². The summed E-state index contributed by atoms with van der Waals surface area (Å²) in [5.74, 6) is 0.588. The molecule has 0 spiro atoms. The third-order valence-electron chi connectivity index (χ3n) is 12.6. The number of para-hydroxylation sites is 1. The maximum absolute atomic E-state index is 11.4. The molecule has 1 unspecified atom stereocenters. The van der Waals surface area contributed by atoms with E-state index in [1.807, 2.05) is 91.5 Å². The van der Waals surface area contributed by atoms with Crippen LogP contribution in [0, 0.1) is 13.8 Å². The first-order valence-electron chi connectivity index (χ1n) is 20.6. The normalized spacial score (nSPS) is 20.1. The van der Waals surface area contributed by atoms with E-state index in [1.54, 1.807) is 40.5 Å². The van der Waals surface area contributed by atoms with Crippen LogP contribution in [0.3, 0.4) is 0 Å². The molecule has 4 N–H and O–H groups in total. The summed E-state index contributed by atoms with van der Waals surface area (Å²) in [6.07, 6.45) is 5.13. The number of hydrogen-bond acceptors (Lipinski definition) is 6. The molecule has 2 bridgehead atoms. The van der Waals surface area contributed by atoms with Gasteiger partial charge in [0.05, 0.1) is 17.8 Å². The molecule has 0 aromatic heterocycles. The molecule has 8 heteroatoms. The van der Waals surface area contributed by atoms with Crippen molar-refractivity contribution in [1.82, 2.24) is 10.2 Å². The number of benzene rings is 6. The zero-order chi connectivity index (χ0) is 41.1. The molecule has 3 aliphatic carbocycles. The second kappa shape index (κ2) is 16.9. The number of aryl methyl sites for hydroxylation is 1. The molecule has 0 amide bonds. The molecule has 7 nitrogen and oxygen atoms in total. The predicted octanol–water partition coefficient (Wildman–Crippen LogP) is 10.6. The Morgan fingerprint density at radius 1 is 0.797 bits per heavy atom. The Morgan fingerprint density at radius 2 is 1.42 bits per heavy atom. The van der Waals surface area contributed by atoms with Gasteiger partial charge in [0.25, 0.3) is 0 Å². The number of aliphatic hydroxyl groups is 1. The van der Waals surface area contributed by atoms with Crippen LogP contribution in [0.2, 0.25) is 5.02 Å². The molecule has 0 saturated heterocycles. The summed E-state index contributed by atoms with van der Waals surface area (Å²) in [6, 6.07) is 46.5. The van der Waals surface area contributed by atoms with E-state index in [9.17, 15) is 9.90 Å². The summed E-state index contributed by atoms with van der Waals surface area (Å²) in [6.45, 7) is 6.60. The summed E-state index contributed by atoms with van der Waals surface area (Å²) in [5.41, 5.74) is 12.4. The zero-order valence-electron chi connectivity index (χ0n) is 33.9. The number of aromatic carboxylic acids is 1. The smallest absolute Gasteiger partial charge is 0.337 e. The van der Waals surface area contributed by atoms with Crippen molar-refractivity contribution in [3.05, 3.63) is 200 Å². The summed E-state index contributed by atoms with van der Waals surface area (Å²) in [5, 5.41) is 27.7. The summed E-state index contributed by atoms with van der Waals surface area (Å²) < 4.78 is 0. The van der Waals surface area contributed by atoms with Crippen molar-refractivity contribution in [3.8, 4) is 0 Å². The van der Waals surface area contributed by atoms with Gasteiger partial charge < -0.3 is 25.7 Å². The summed E-state index contributed by atoms with van der Waals surface area (Å²) >= 11 is 5.96. The Kier molecular flexibility index (Phi) is 11.5. The van der Waals surface area contributed by atoms with Gasteiger partial charge in [0.15, 0.2) is 5.72 Å². The highest BCUT2D eigenvalue weighted by atomic mass is 35.5. The number of rotatable bonds is 8. The molecule has 2 aliphatic heterocycles. The molecule has 0 radical (unpaired) electrons. The van der Waals surface area contributed by atoms with Crippen LogP contribution in [0.4, 0.5) is 11.4 Å². The van der Waals surface area contributed by atoms with E-state index in [4.69, 9.17) is 16.7 Å². The first-order chi connectivity index (χ1) is 28.7. The molecule has 0 saturated carbocycles. The van der Waals surface area contributed by atoms with Gasteiger partial charge in [0, 0.05) is 45.3 Å². The third-order valence-corrected chi connectivity index (χ3v) is 12.9. The SMILES string of the molecule is CNCCCC12CCC(c3ccccc31)c1ccccc12.Cc1cccc(Nc2ccccc2C(=O)O)c1C.OC1(c2ccc(Cl)cc2)c2ccccc2C2=NCCN21. The highest BCUT2D eigenvalue weighted by Gasteiger charge is 2.50. The number of carbonyl (C=O) groups is 1. The minimum absolute atomic E-state index is 0.263. The molecule has 59 heavy (non-hydrogen) atoms. The molecular weight excluding hydrogens is 752 g/mol. The number of carboxylic acid groups (broad SMARTS) is 1. The standard InChI is InChI=1S/C20H23N.C16H13ClN2O.C15H15NO2/c1-21-14-6-12-20-13-11-15(16-7-2-4-9-18(16)20)17-8-3-5-10-19(17)20;17-12-7-5-11(6-8-12)16(20)14-4-2-1-3-13(14)15-18-9-10-19(15)16;1-10-6-5-9-13(11(10)2)16-14-8-4-3-7-12(14)15(17)18/h2-5,7-10,15,21H,6,11-14H2,1H3;1-8,20H,9-10H2;3-9,16H,1-2H3,(H,17,18). The number of amidine groups is 1. The molecule has 11 rings (SSSR count). The Morgan fingerprint density at radius 3 is 2.12 bits per heavy atom. The van der Waals surface area contributed by atoms with E-state index in [2.05, 4.69) is 71.2 Å². The van der Waals surface area contributed by atoms with E-state index in [0.717, 1.165) is 53.4 Å². The average Bonchev–Trinajstić information content (AvgIpc) is 3.86. The molecule has 0 fully saturated rings. The second-order valence-electron chi connectivity index (χ2n) is 15.9. The Bertz CT molecular complexity index is 2470. The Labute approximate surface area is 352 Å². The number of nitrogens with one attached hydrogen (secondary N) is 2. The third kappa shape index (κ3) is 7.33. The highest BCUT2D eigenvalue weighted by Crippen LogP contribution is 2.58. The predicted molar refractivity (Wildman–Crippen MR) is 240 cm³/mol. The summed E-state index contributed by atoms with van der Waals surface area (Å²) in [7, 11) is 2.05. The number of carboxylic acids is 1. The molecule has 6 aromatic rings. The Balaban J connectivity index is 0.000000124. The van der Waals surface area contributed by atoms with Crippen LogP contribution in [0.15, 0.2) is 145 Å². The first kappa shape index (κ1) is 40.1. The number of nitrogens with zero attached hydrogens (tertiary/aromatic N) is 2. The summed E-state index contributed by atoms with van der Waals surface area (Å²) in [4.78, 5) is 17.6. The quantitative estimate of drug-likeness (QED) is 0.114. The highest BCUT2D eigenvalue weighted by molar-refractivity contribution is 6.30. The van der Waals surface area contributed by atoms with Crippen LogP contribution in [0.25, 0.3) is 0 Å². The number of anilines is 2. The largest absolute Gasteiger partial charge is 0.478 e. The van der Waals surface area contributed by atoms with Gasteiger partial charge in [-0.05, 0) is 117 Å². The van der Waals surface area contributed by atoms with Gasteiger partial charge in [-0.25, -0.2) is 4.79 Å². The van der Waals surface area contributed by atoms with E-state index in [1.165, 1.54) is 31.2 Å². The molecule has 300 valence electrons. The van der Waals surface area contributed by atoms with E-state index in [-0.39, 0.29) is 11.0 Å². The van der Waals surface area contributed by atoms with E-state index < -0.39 is 11.7 Å². The van der Waals surface area contributed by atoms with Crippen LogP contribution < -0.4 is 10.6 Å². The monoisotopic (exact) mass is 802 g/mol. The minimum atomic E-state index is -1.14. The number of fused-ring (bicyclic) bond motifs is 4. The lowest BCUT2D eigenvalue weighted by Gasteiger charge is -2.50. The van der Waals surface area contributed by atoms with Gasteiger partial charge in [-0.2, -0.15) is 0 Å². The van der Waals surface area contributed by atoms with Crippen LogP contribution in [0.5, 0.6) is 0 Å². The van der Waals surface area contributed by atoms with Crippen LogP contribution in [-0.2, 0) is 11.1 Å². The van der Waals surface area contributed by atoms with Gasteiger partial charge >= 0.3 is 5.97 Å². The maximum atomic E-state index is 11.4. The minimum Gasteiger partial charge on any atom is -0.478 e. The van der Waals surface area contributed by atoms with Crippen molar-refractivity contribution < 1.29 is 15.0 Å². The molecular formula is C51H51ClN4O3. The molecule has 1 atom stereocenters. The number of aliphatic imine (C=N–C) groups is 1.